The summed E-state index contributed by atoms with van der Waals surface area (Å²) in [6.07, 6.45) is 0.440. The van der Waals surface area contributed by atoms with E-state index >= 15 is 0 Å². The fourth-order valence-electron chi connectivity index (χ4n) is 2.38. The molecule has 22 heavy (non-hydrogen) atoms. The number of ether oxygens (including phenoxy) is 1. The van der Waals surface area contributed by atoms with E-state index in [0.29, 0.717) is 12.1 Å². The number of hydrogen-bond acceptors (Lipinski definition) is 4. The molecule has 1 aromatic carbocycles. The predicted octanol–water partition coefficient (Wildman–Crippen LogP) is 2.65. The normalized spacial score (nSPS) is 12.0. The summed E-state index contributed by atoms with van der Waals surface area (Å²) in [7, 11) is 1.31. The van der Waals surface area contributed by atoms with Gasteiger partial charge in [-0.2, -0.15) is 5.10 Å². The van der Waals surface area contributed by atoms with Crippen molar-refractivity contribution in [1.82, 2.24) is 9.78 Å². The number of benzene rings is 1. The van der Waals surface area contributed by atoms with Crippen molar-refractivity contribution in [3.05, 3.63) is 51.8 Å². The molecule has 1 aromatic heterocycles. The lowest BCUT2D eigenvalue weighted by Crippen LogP contribution is -2.32. The van der Waals surface area contributed by atoms with Crippen molar-refractivity contribution in [2.75, 3.05) is 7.11 Å². The van der Waals surface area contributed by atoms with E-state index in [1.165, 1.54) is 17.9 Å². The molecule has 0 aliphatic carbocycles. The zero-order valence-electron chi connectivity index (χ0n) is 13.3. The van der Waals surface area contributed by atoms with Gasteiger partial charge < -0.3 is 4.74 Å². The minimum atomic E-state index is -0.706. The molecule has 0 spiro atoms. The molecule has 0 saturated carbocycles. The fourth-order valence-corrected chi connectivity index (χ4v) is 2.38. The van der Waals surface area contributed by atoms with Crippen LogP contribution in [0.2, 0.25) is 0 Å². The van der Waals surface area contributed by atoms with Gasteiger partial charge in [-0.3, -0.25) is 4.79 Å². The lowest BCUT2D eigenvalue weighted by Gasteiger charge is -2.16. The Morgan fingerprint density at radius 2 is 2.00 bits per heavy atom. The molecule has 0 aliphatic rings. The fraction of sp³-hybridized carbons (Fsp3) is 0.353. The Kier molecular flexibility index (Phi) is 4.75. The molecule has 116 valence electrons. The van der Waals surface area contributed by atoms with Gasteiger partial charge in [-0.1, -0.05) is 24.6 Å². The van der Waals surface area contributed by atoms with Crippen molar-refractivity contribution in [2.24, 2.45) is 0 Å². The van der Waals surface area contributed by atoms with Gasteiger partial charge in [-0.15, -0.1) is 0 Å². The maximum atomic E-state index is 12.1. The Balaban J connectivity index is 2.57. The first kappa shape index (κ1) is 15.9. The van der Waals surface area contributed by atoms with Crippen LogP contribution in [0.4, 0.5) is 0 Å². The van der Waals surface area contributed by atoms with Crippen LogP contribution in [-0.4, -0.2) is 22.9 Å². The van der Waals surface area contributed by atoms with Crippen LogP contribution in [0.5, 0.6) is 0 Å². The van der Waals surface area contributed by atoms with E-state index in [1.807, 2.05) is 39.0 Å². The summed E-state index contributed by atoms with van der Waals surface area (Å²) in [5.74, 6) is -0.463. The van der Waals surface area contributed by atoms with Crippen LogP contribution in [-0.2, 0) is 9.53 Å². The molecule has 5 nitrogen and oxygen atoms in total. The zero-order valence-corrected chi connectivity index (χ0v) is 13.3. The van der Waals surface area contributed by atoms with Crippen LogP contribution in [0.15, 0.2) is 35.1 Å². The van der Waals surface area contributed by atoms with Crippen LogP contribution in [0.1, 0.15) is 30.5 Å². The summed E-state index contributed by atoms with van der Waals surface area (Å²) in [4.78, 5) is 23.9. The summed E-state index contributed by atoms with van der Waals surface area (Å²) >= 11 is 0. The molecule has 1 heterocycles. The minimum absolute atomic E-state index is 0.314. The number of aromatic nitrogens is 2. The highest BCUT2D eigenvalue weighted by Gasteiger charge is 2.22. The summed E-state index contributed by atoms with van der Waals surface area (Å²) in [6, 6.07) is 8.48. The Morgan fingerprint density at radius 3 is 2.64 bits per heavy atom. The third kappa shape index (κ3) is 3.08. The maximum absolute atomic E-state index is 12.1. The Labute approximate surface area is 129 Å². The molecule has 2 aromatic rings. The number of esters is 1. The van der Waals surface area contributed by atoms with Crippen LogP contribution < -0.4 is 5.56 Å². The molecule has 0 saturated heterocycles. The highest BCUT2D eigenvalue weighted by atomic mass is 16.5. The SMILES string of the molecule is CC[C@H](C(=O)OC)n1nc(-c2cc(C)ccc2C)ccc1=O. The largest absolute Gasteiger partial charge is 0.467 e. The van der Waals surface area contributed by atoms with Crippen molar-refractivity contribution in [3.63, 3.8) is 0 Å². The second-order valence-corrected chi connectivity index (χ2v) is 5.27. The smallest absolute Gasteiger partial charge is 0.330 e. The number of carbonyl (C=O) groups excluding carboxylic acids is 1. The second-order valence-electron chi connectivity index (χ2n) is 5.27. The Morgan fingerprint density at radius 1 is 1.27 bits per heavy atom. The number of methoxy groups -OCH3 is 1. The van der Waals surface area contributed by atoms with Crippen molar-refractivity contribution >= 4 is 5.97 Å². The monoisotopic (exact) mass is 300 g/mol. The van der Waals surface area contributed by atoms with Gasteiger partial charge in [0.25, 0.3) is 5.56 Å². The first-order chi connectivity index (χ1) is 10.5. The van der Waals surface area contributed by atoms with E-state index in [1.54, 1.807) is 6.07 Å². The molecule has 0 aliphatic heterocycles. The Hall–Kier alpha value is -2.43. The van der Waals surface area contributed by atoms with Gasteiger partial charge in [0.15, 0.2) is 6.04 Å². The third-order valence-electron chi connectivity index (χ3n) is 3.65. The average Bonchev–Trinajstić information content (AvgIpc) is 2.52. The van der Waals surface area contributed by atoms with E-state index < -0.39 is 12.0 Å². The molecule has 0 bridgehead atoms. The van der Waals surface area contributed by atoms with Gasteiger partial charge in [0.2, 0.25) is 0 Å². The molecule has 1 atom stereocenters. The van der Waals surface area contributed by atoms with E-state index in [0.717, 1.165) is 16.7 Å². The predicted molar refractivity (Wildman–Crippen MR) is 84.8 cm³/mol. The molecule has 0 amide bonds. The molecule has 5 heteroatoms. The zero-order chi connectivity index (χ0) is 16.3. The minimum Gasteiger partial charge on any atom is -0.467 e. The number of hydrogen-bond donors (Lipinski definition) is 0. The van der Waals surface area contributed by atoms with Gasteiger partial charge in [0.1, 0.15) is 0 Å². The van der Waals surface area contributed by atoms with Gasteiger partial charge >= 0.3 is 5.97 Å². The van der Waals surface area contributed by atoms with Gasteiger partial charge in [-0.25, -0.2) is 9.48 Å². The van der Waals surface area contributed by atoms with E-state index in [4.69, 9.17) is 4.74 Å². The van der Waals surface area contributed by atoms with E-state index in [9.17, 15) is 9.59 Å². The highest BCUT2D eigenvalue weighted by Crippen LogP contribution is 2.22. The third-order valence-corrected chi connectivity index (χ3v) is 3.65. The standard InChI is InChI=1S/C17H20N2O3/c1-5-15(17(21)22-4)19-16(20)9-8-14(18-19)13-10-11(2)6-7-12(13)3/h6-10,15H,5H2,1-4H3/t15-/m1/s1. The summed E-state index contributed by atoms with van der Waals surface area (Å²) in [5, 5.41) is 4.39. The van der Waals surface area contributed by atoms with Crippen molar-refractivity contribution < 1.29 is 9.53 Å². The van der Waals surface area contributed by atoms with Gasteiger partial charge in [-0.05, 0) is 38.0 Å². The maximum Gasteiger partial charge on any atom is 0.330 e. The highest BCUT2D eigenvalue weighted by molar-refractivity contribution is 5.74. The second kappa shape index (κ2) is 6.56. The quantitative estimate of drug-likeness (QED) is 0.814. The van der Waals surface area contributed by atoms with Crippen LogP contribution in [0.3, 0.4) is 0 Å². The average molecular weight is 300 g/mol. The number of rotatable bonds is 4. The number of nitrogens with zero attached hydrogens (tertiary/aromatic N) is 2. The van der Waals surface area contributed by atoms with Crippen LogP contribution in [0.25, 0.3) is 11.3 Å². The van der Waals surface area contributed by atoms with Gasteiger partial charge in [0, 0.05) is 11.6 Å². The first-order valence-corrected chi connectivity index (χ1v) is 7.23. The van der Waals surface area contributed by atoms with Crippen molar-refractivity contribution in [2.45, 2.75) is 33.2 Å². The summed E-state index contributed by atoms with van der Waals surface area (Å²) in [6.45, 7) is 5.81. The summed E-state index contributed by atoms with van der Waals surface area (Å²) in [5.41, 5.74) is 3.48. The van der Waals surface area contributed by atoms with E-state index in [2.05, 4.69) is 5.10 Å². The summed E-state index contributed by atoms with van der Waals surface area (Å²) < 4.78 is 5.97. The first-order valence-electron chi connectivity index (χ1n) is 7.23. The lowest BCUT2D eigenvalue weighted by molar-refractivity contribution is -0.145. The topological polar surface area (TPSA) is 61.2 Å². The molecule has 0 radical (unpaired) electrons. The molecule has 2 rings (SSSR count). The number of carbonyl (C=O) groups is 1. The molecule has 0 N–H and O–H groups in total. The molecule has 0 unspecified atom stereocenters. The van der Waals surface area contributed by atoms with Gasteiger partial charge in [0.05, 0.1) is 12.8 Å². The van der Waals surface area contributed by atoms with E-state index in [-0.39, 0.29) is 5.56 Å². The molecule has 0 fully saturated rings. The van der Waals surface area contributed by atoms with Crippen molar-refractivity contribution in [3.8, 4) is 11.3 Å². The number of aryl methyl sites for hydroxylation is 2. The lowest BCUT2D eigenvalue weighted by atomic mass is 10.0. The van der Waals surface area contributed by atoms with Crippen LogP contribution in [0, 0.1) is 13.8 Å². The Bertz CT molecular complexity index is 750. The van der Waals surface area contributed by atoms with Crippen molar-refractivity contribution in [1.29, 1.82) is 0 Å². The molecular weight excluding hydrogens is 280 g/mol. The van der Waals surface area contributed by atoms with Crippen LogP contribution >= 0.6 is 0 Å². The molecular formula is C17H20N2O3.